The van der Waals surface area contributed by atoms with Gasteiger partial charge in [0.2, 0.25) is 5.91 Å². The summed E-state index contributed by atoms with van der Waals surface area (Å²) in [6.07, 6.45) is 0.236. The normalized spacial score (nSPS) is 11.9. The standard InChI is InChI=1S/C15H21NO5/c1-11-3-5-12(6-4-11)9-13(15(18)19)16-14(17)10-21-8-7-20-2/h3-6,13H,7-10H2,1-2H3,(H,16,17)(H,18,19)/t13-/m0/s1. The lowest BCUT2D eigenvalue weighted by atomic mass is 10.0. The Morgan fingerprint density at radius 3 is 2.48 bits per heavy atom. The number of rotatable bonds is 9. The molecular formula is C15H21NO5. The monoisotopic (exact) mass is 295 g/mol. The first-order valence-corrected chi connectivity index (χ1v) is 6.67. The number of carbonyl (C=O) groups excluding carboxylic acids is 1. The Hall–Kier alpha value is -1.92. The Balaban J connectivity index is 2.48. The molecule has 116 valence electrons. The van der Waals surface area contributed by atoms with Gasteiger partial charge in [-0.15, -0.1) is 0 Å². The number of hydrogen-bond donors (Lipinski definition) is 2. The maximum atomic E-state index is 11.6. The average molecular weight is 295 g/mol. The molecule has 0 aromatic heterocycles. The number of nitrogens with one attached hydrogen (secondary N) is 1. The Bertz CT molecular complexity index is 458. The van der Waals surface area contributed by atoms with Crippen molar-refractivity contribution in [3.63, 3.8) is 0 Å². The Morgan fingerprint density at radius 1 is 1.24 bits per heavy atom. The molecule has 2 N–H and O–H groups in total. The van der Waals surface area contributed by atoms with Crippen LogP contribution >= 0.6 is 0 Å². The predicted molar refractivity (Wildman–Crippen MR) is 77.1 cm³/mol. The van der Waals surface area contributed by atoms with Crippen molar-refractivity contribution in [2.45, 2.75) is 19.4 Å². The number of carboxylic acid groups (broad SMARTS) is 1. The number of carboxylic acids is 1. The summed E-state index contributed by atoms with van der Waals surface area (Å²) in [6.45, 7) is 2.46. The molecular weight excluding hydrogens is 274 g/mol. The lowest BCUT2D eigenvalue weighted by molar-refractivity contribution is -0.142. The van der Waals surface area contributed by atoms with Gasteiger partial charge >= 0.3 is 5.97 Å². The van der Waals surface area contributed by atoms with E-state index in [-0.39, 0.29) is 13.0 Å². The molecule has 0 aliphatic heterocycles. The summed E-state index contributed by atoms with van der Waals surface area (Å²) in [4.78, 5) is 22.8. The molecule has 0 fully saturated rings. The molecule has 6 heteroatoms. The fraction of sp³-hybridized carbons (Fsp3) is 0.467. The van der Waals surface area contributed by atoms with Gasteiger partial charge in [0.25, 0.3) is 0 Å². The number of carbonyl (C=O) groups is 2. The first-order valence-electron chi connectivity index (χ1n) is 6.67. The predicted octanol–water partition coefficient (Wildman–Crippen LogP) is 0.770. The van der Waals surface area contributed by atoms with Crippen LogP contribution in [-0.4, -0.2) is 50.0 Å². The summed E-state index contributed by atoms with van der Waals surface area (Å²) in [7, 11) is 1.53. The first kappa shape index (κ1) is 17.1. The number of aliphatic carboxylic acids is 1. The number of aryl methyl sites for hydroxylation is 1. The summed E-state index contributed by atoms with van der Waals surface area (Å²) in [6, 6.07) is 6.55. The summed E-state index contributed by atoms with van der Waals surface area (Å²) in [5, 5.41) is 11.6. The van der Waals surface area contributed by atoms with Gasteiger partial charge in [-0.05, 0) is 12.5 Å². The number of amides is 1. The van der Waals surface area contributed by atoms with Gasteiger partial charge in [0.15, 0.2) is 0 Å². The third-order valence-electron chi connectivity index (χ3n) is 2.86. The highest BCUT2D eigenvalue weighted by Gasteiger charge is 2.20. The molecule has 1 rings (SSSR count). The Morgan fingerprint density at radius 2 is 1.90 bits per heavy atom. The summed E-state index contributed by atoms with van der Waals surface area (Å²) < 4.78 is 9.83. The minimum absolute atomic E-state index is 0.180. The summed E-state index contributed by atoms with van der Waals surface area (Å²) >= 11 is 0. The van der Waals surface area contributed by atoms with Crippen LogP contribution in [0.1, 0.15) is 11.1 Å². The third kappa shape index (κ3) is 6.87. The number of methoxy groups -OCH3 is 1. The van der Waals surface area contributed by atoms with E-state index >= 15 is 0 Å². The van der Waals surface area contributed by atoms with E-state index in [4.69, 9.17) is 9.47 Å². The van der Waals surface area contributed by atoms with Crippen LogP contribution in [0.15, 0.2) is 24.3 Å². The van der Waals surface area contributed by atoms with E-state index in [1.54, 1.807) is 0 Å². The van der Waals surface area contributed by atoms with Crippen LogP contribution in [0.4, 0.5) is 0 Å². The van der Waals surface area contributed by atoms with E-state index in [0.717, 1.165) is 11.1 Å². The van der Waals surface area contributed by atoms with Gasteiger partial charge in [-0.2, -0.15) is 0 Å². The molecule has 1 aromatic rings. The fourth-order valence-corrected chi connectivity index (χ4v) is 1.70. The minimum atomic E-state index is -1.07. The van der Waals surface area contributed by atoms with Gasteiger partial charge in [0.05, 0.1) is 13.2 Å². The zero-order valence-electron chi connectivity index (χ0n) is 12.3. The molecule has 1 amide bonds. The maximum Gasteiger partial charge on any atom is 0.326 e. The van der Waals surface area contributed by atoms with Crippen molar-refractivity contribution in [2.24, 2.45) is 0 Å². The van der Waals surface area contributed by atoms with E-state index in [1.807, 2.05) is 31.2 Å². The van der Waals surface area contributed by atoms with Crippen LogP contribution < -0.4 is 5.32 Å². The minimum Gasteiger partial charge on any atom is -0.480 e. The lowest BCUT2D eigenvalue weighted by Gasteiger charge is -2.15. The Labute approximate surface area is 124 Å². The van der Waals surface area contributed by atoms with Crippen molar-refractivity contribution in [2.75, 3.05) is 26.9 Å². The zero-order valence-corrected chi connectivity index (χ0v) is 12.3. The summed E-state index contributed by atoms with van der Waals surface area (Å²) in [5.74, 6) is -1.52. The molecule has 0 radical (unpaired) electrons. The molecule has 1 atom stereocenters. The van der Waals surface area contributed by atoms with E-state index in [9.17, 15) is 14.7 Å². The van der Waals surface area contributed by atoms with Gasteiger partial charge in [-0.25, -0.2) is 4.79 Å². The van der Waals surface area contributed by atoms with Crippen LogP contribution in [0, 0.1) is 6.92 Å². The SMILES string of the molecule is COCCOCC(=O)N[C@@H](Cc1ccc(C)cc1)C(=O)O. The van der Waals surface area contributed by atoms with E-state index in [1.165, 1.54) is 7.11 Å². The van der Waals surface area contributed by atoms with Gasteiger partial charge in [-0.3, -0.25) is 4.79 Å². The molecule has 0 saturated carbocycles. The van der Waals surface area contributed by atoms with Crippen LogP contribution in [0.5, 0.6) is 0 Å². The lowest BCUT2D eigenvalue weighted by Crippen LogP contribution is -2.44. The van der Waals surface area contributed by atoms with Gasteiger partial charge in [0, 0.05) is 13.5 Å². The molecule has 0 spiro atoms. The fourth-order valence-electron chi connectivity index (χ4n) is 1.70. The smallest absolute Gasteiger partial charge is 0.326 e. The molecule has 6 nitrogen and oxygen atoms in total. The van der Waals surface area contributed by atoms with Crippen molar-refractivity contribution >= 4 is 11.9 Å². The highest BCUT2D eigenvalue weighted by atomic mass is 16.5. The van der Waals surface area contributed by atoms with Crippen LogP contribution in [0.2, 0.25) is 0 Å². The first-order chi connectivity index (χ1) is 10.0. The number of benzene rings is 1. The largest absolute Gasteiger partial charge is 0.480 e. The molecule has 0 saturated heterocycles. The molecule has 0 aliphatic carbocycles. The van der Waals surface area contributed by atoms with E-state index in [2.05, 4.69) is 5.32 Å². The number of ether oxygens (including phenoxy) is 2. The highest BCUT2D eigenvalue weighted by molar-refractivity contribution is 5.84. The van der Waals surface area contributed by atoms with Crippen molar-refractivity contribution in [3.05, 3.63) is 35.4 Å². The van der Waals surface area contributed by atoms with E-state index in [0.29, 0.717) is 13.2 Å². The second kappa shape index (κ2) is 9.10. The van der Waals surface area contributed by atoms with Crippen LogP contribution in [-0.2, 0) is 25.5 Å². The van der Waals surface area contributed by atoms with E-state index < -0.39 is 17.9 Å². The van der Waals surface area contributed by atoms with Crippen molar-refractivity contribution in [1.29, 1.82) is 0 Å². The van der Waals surface area contributed by atoms with Crippen molar-refractivity contribution in [1.82, 2.24) is 5.32 Å². The zero-order chi connectivity index (χ0) is 15.7. The maximum absolute atomic E-state index is 11.6. The second-order valence-corrected chi connectivity index (χ2v) is 4.69. The third-order valence-corrected chi connectivity index (χ3v) is 2.86. The molecule has 0 heterocycles. The van der Waals surface area contributed by atoms with Crippen molar-refractivity contribution in [3.8, 4) is 0 Å². The quantitative estimate of drug-likeness (QED) is 0.657. The molecule has 21 heavy (non-hydrogen) atoms. The highest BCUT2D eigenvalue weighted by Crippen LogP contribution is 2.06. The van der Waals surface area contributed by atoms with Crippen LogP contribution in [0.25, 0.3) is 0 Å². The molecule has 0 unspecified atom stereocenters. The van der Waals surface area contributed by atoms with Gasteiger partial charge in [-0.1, -0.05) is 29.8 Å². The van der Waals surface area contributed by atoms with Gasteiger partial charge < -0.3 is 19.9 Å². The summed E-state index contributed by atoms with van der Waals surface area (Å²) in [5.41, 5.74) is 1.95. The molecule has 0 bridgehead atoms. The topological polar surface area (TPSA) is 84.9 Å². The van der Waals surface area contributed by atoms with Crippen LogP contribution in [0.3, 0.4) is 0 Å². The average Bonchev–Trinajstić information content (AvgIpc) is 2.45. The van der Waals surface area contributed by atoms with Crippen molar-refractivity contribution < 1.29 is 24.2 Å². The number of hydrogen-bond acceptors (Lipinski definition) is 4. The second-order valence-electron chi connectivity index (χ2n) is 4.69. The van der Waals surface area contributed by atoms with Gasteiger partial charge in [0.1, 0.15) is 12.6 Å². The molecule has 0 aliphatic rings. The molecule has 1 aromatic carbocycles. The Kier molecular flexibility index (Phi) is 7.42.